The van der Waals surface area contributed by atoms with Crippen molar-refractivity contribution in [3.8, 4) is 0 Å². The first-order valence-corrected chi connectivity index (χ1v) is 11.0. The lowest BCUT2D eigenvalue weighted by Crippen LogP contribution is -2.67. The third-order valence-corrected chi connectivity index (χ3v) is 6.14. The number of hydrogen-bond donors (Lipinski definition) is 4. The van der Waals surface area contributed by atoms with Crippen molar-refractivity contribution in [3.05, 3.63) is 72.1 Å². The van der Waals surface area contributed by atoms with E-state index in [1.54, 1.807) is 19.3 Å². The Kier molecular flexibility index (Phi) is 6.45. The Bertz CT molecular complexity index is 967. The molecule has 5 N–H and O–H groups in total. The highest BCUT2D eigenvalue weighted by atomic mass is 16.6. The van der Waals surface area contributed by atoms with E-state index in [0.29, 0.717) is 25.7 Å². The summed E-state index contributed by atoms with van der Waals surface area (Å²) in [5.74, 6) is 0. The largest absolute Gasteiger partial charge is 0.450 e. The van der Waals surface area contributed by atoms with Gasteiger partial charge in [-0.2, -0.15) is 5.10 Å². The predicted octanol–water partition coefficient (Wildman–Crippen LogP) is 2.98. The predicted molar refractivity (Wildman–Crippen MR) is 120 cm³/mol. The second-order valence-corrected chi connectivity index (χ2v) is 8.28. The molecule has 2 atom stereocenters. The summed E-state index contributed by atoms with van der Waals surface area (Å²) in [5, 5.41) is 19.8. The number of carbonyl (C=O) groups is 1. The minimum absolute atomic E-state index is 0.163. The van der Waals surface area contributed by atoms with Gasteiger partial charge < -0.3 is 19.9 Å². The van der Waals surface area contributed by atoms with E-state index in [4.69, 9.17) is 15.2 Å². The van der Waals surface area contributed by atoms with E-state index in [0.717, 1.165) is 16.7 Å². The molecule has 4 rings (SSSR count). The molecule has 32 heavy (non-hydrogen) atoms. The number of alkyl carbamates (subject to hydrolysis) is 1. The first-order valence-electron chi connectivity index (χ1n) is 11.0. The van der Waals surface area contributed by atoms with E-state index < -0.39 is 17.4 Å². The lowest BCUT2D eigenvalue weighted by Gasteiger charge is -2.49. The number of nitrogens with zero attached hydrogens (tertiary/aromatic N) is 1. The smallest absolute Gasteiger partial charge is 0.408 e. The van der Waals surface area contributed by atoms with E-state index in [9.17, 15) is 9.90 Å². The number of carbonyl (C=O) groups excluding carboxylic acids is 1. The number of rotatable bonds is 6. The summed E-state index contributed by atoms with van der Waals surface area (Å²) in [6.07, 6.45) is 10.7. The number of amides is 1. The summed E-state index contributed by atoms with van der Waals surface area (Å²) in [4.78, 5) is 12.7. The van der Waals surface area contributed by atoms with Gasteiger partial charge in [-0.25, -0.2) is 4.79 Å². The lowest BCUT2D eigenvalue weighted by atomic mass is 9.74. The number of nitrogens with one attached hydrogen (secondary N) is 2. The van der Waals surface area contributed by atoms with Crippen molar-refractivity contribution in [1.29, 1.82) is 0 Å². The van der Waals surface area contributed by atoms with Crippen LogP contribution in [-0.4, -0.2) is 45.9 Å². The van der Waals surface area contributed by atoms with Crippen LogP contribution in [0.1, 0.15) is 43.7 Å². The number of aliphatic hydroxyl groups excluding tert-OH is 1. The standard InChI is InChI=1S/C24H30N4O4/c1-2-31-22(30)28-23(19-6-4-3-5-7-19)13-12-17(18-15-26-27-16-18)14-24(23,25)32-21-10-8-20(29)9-11-21/h3-7,12-16,20-21,29H,2,8-11,25H2,1H3,(H,26,27)(H,28,30). The van der Waals surface area contributed by atoms with Crippen molar-refractivity contribution in [2.75, 3.05) is 6.61 Å². The van der Waals surface area contributed by atoms with Gasteiger partial charge in [0.25, 0.3) is 0 Å². The van der Waals surface area contributed by atoms with Crippen LogP contribution in [0.15, 0.2) is 61.0 Å². The molecule has 1 heterocycles. The van der Waals surface area contributed by atoms with E-state index in [2.05, 4.69) is 15.5 Å². The Morgan fingerprint density at radius 1 is 1.28 bits per heavy atom. The lowest BCUT2D eigenvalue weighted by molar-refractivity contribution is -0.120. The normalized spacial score (nSPS) is 29.9. The molecule has 0 saturated heterocycles. The van der Waals surface area contributed by atoms with Crippen LogP contribution >= 0.6 is 0 Å². The van der Waals surface area contributed by atoms with Crippen molar-refractivity contribution < 1.29 is 19.4 Å². The average Bonchev–Trinajstić information content (AvgIpc) is 3.33. The van der Waals surface area contributed by atoms with Crippen LogP contribution in [0, 0.1) is 0 Å². The minimum Gasteiger partial charge on any atom is -0.450 e. The molecule has 0 radical (unpaired) electrons. The molecule has 2 aliphatic carbocycles. The molecular weight excluding hydrogens is 408 g/mol. The Morgan fingerprint density at radius 3 is 2.69 bits per heavy atom. The zero-order valence-electron chi connectivity index (χ0n) is 18.2. The van der Waals surface area contributed by atoms with Crippen LogP contribution in [0.2, 0.25) is 0 Å². The van der Waals surface area contributed by atoms with Crippen molar-refractivity contribution in [3.63, 3.8) is 0 Å². The number of H-pyrrole nitrogens is 1. The fraction of sp³-hybridized carbons (Fsp3) is 0.417. The third kappa shape index (κ3) is 4.34. The zero-order chi connectivity index (χ0) is 22.6. The maximum atomic E-state index is 12.7. The zero-order valence-corrected chi connectivity index (χ0v) is 18.2. The van der Waals surface area contributed by atoms with Crippen LogP contribution in [0.5, 0.6) is 0 Å². The number of benzene rings is 1. The third-order valence-electron chi connectivity index (χ3n) is 6.14. The number of ether oxygens (including phenoxy) is 2. The van der Waals surface area contributed by atoms with E-state index >= 15 is 0 Å². The van der Waals surface area contributed by atoms with Crippen molar-refractivity contribution in [2.24, 2.45) is 5.73 Å². The summed E-state index contributed by atoms with van der Waals surface area (Å²) in [6.45, 7) is 1.98. The SMILES string of the molecule is CCOC(=O)NC1(c2ccccc2)C=CC(c2cn[nH]c2)=CC1(N)OC1CCC(O)CC1. The molecule has 8 nitrogen and oxygen atoms in total. The van der Waals surface area contributed by atoms with Gasteiger partial charge in [-0.05, 0) is 55.9 Å². The molecule has 0 aliphatic heterocycles. The number of aromatic amines is 1. The monoisotopic (exact) mass is 438 g/mol. The summed E-state index contributed by atoms with van der Waals surface area (Å²) < 4.78 is 11.8. The van der Waals surface area contributed by atoms with Gasteiger partial charge in [-0.15, -0.1) is 0 Å². The van der Waals surface area contributed by atoms with Crippen LogP contribution in [-0.2, 0) is 15.0 Å². The number of aliphatic hydroxyl groups is 1. The molecule has 1 aromatic heterocycles. The fourth-order valence-corrected chi connectivity index (χ4v) is 4.45. The van der Waals surface area contributed by atoms with Crippen molar-refractivity contribution in [1.82, 2.24) is 15.5 Å². The highest BCUT2D eigenvalue weighted by Gasteiger charge is 2.53. The Morgan fingerprint density at radius 2 is 2.03 bits per heavy atom. The second kappa shape index (κ2) is 9.28. The Labute approximate surface area is 187 Å². The molecule has 170 valence electrons. The van der Waals surface area contributed by atoms with Crippen LogP contribution in [0.3, 0.4) is 0 Å². The maximum Gasteiger partial charge on any atom is 0.408 e. The van der Waals surface area contributed by atoms with Crippen LogP contribution < -0.4 is 11.1 Å². The van der Waals surface area contributed by atoms with Gasteiger partial charge in [0.1, 0.15) is 5.54 Å². The van der Waals surface area contributed by atoms with E-state index in [1.807, 2.05) is 48.6 Å². The Hall–Kier alpha value is -2.94. The maximum absolute atomic E-state index is 12.7. The highest BCUT2D eigenvalue weighted by Crippen LogP contribution is 2.43. The van der Waals surface area contributed by atoms with Crippen molar-refractivity contribution >= 4 is 11.7 Å². The first kappa shape index (κ1) is 22.3. The molecule has 1 amide bonds. The summed E-state index contributed by atoms with van der Waals surface area (Å²) >= 11 is 0. The summed E-state index contributed by atoms with van der Waals surface area (Å²) in [6, 6.07) is 9.50. The van der Waals surface area contributed by atoms with E-state index in [-0.39, 0.29) is 18.8 Å². The molecule has 2 unspecified atom stereocenters. The van der Waals surface area contributed by atoms with Gasteiger partial charge in [0.2, 0.25) is 0 Å². The fourth-order valence-electron chi connectivity index (χ4n) is 4.45. The quantitative estimate of drug-likeness (QED) is 0.514. The van der Waals surface area contributed by atoms with Crippen LogP contribution in [0.25, 0.3) is 5.57 Å². The molecule has 1 aromatic carbocycles. The average molecular weight is 439 g/mol. The topological polar surface area (TPSA) is 122 Å². The molecule has 8 heteroatoms. The van der Waals surface area contributed by atoms with Gasteiger partial charge in [0, 0.05) is 11.8 Å². The van der Waals surface area contributed by atoms with Gasteiger partial charge in [-0.3, -0.25) is 10.8 Å². The molecule has 2 aromatic rings. The summed E-state index contributed by atoms with van der Waals surface area (Å²) in [5.41, 5.74) is 6.89. The molecule has 0 bridgehead atoms. The number of nitrogens with two attached hydrogens (primary N) is 1. The van der Waals surface area contributed by atoms with Gasteiger partial charge in [0.15, 0.2) is 5.72 Å². The number of hydrogen-bond acceptors (Lipinski definition) is 6. The molecule has 0 spiro atoms. The van der Waals surface area contributed by atoms with Gasteiger partial charge in [0.05, 0.1) is 25.0 Å². The molecule has 1 fully saturated rings. The molecular formula is C24H30N4O4. The molecule has 2 aliphatic rings. The van der Waals surface area contributed by atoms with Crippen molar-refractivity contribution in [2.45, 2.75) is 56.1 Å². The van der Waals surface area contributed by atoms with Gasteiger partial charge in [-0.1, -0.05) is 36.4 Å². The Balaban J connectivity index is 1.79. The first-order chi connectivity index (χ1) is 15.5. The molecule has 1 saturated carbocycles. The van der Waals surface area contributed by atoms with Crippen LogP contribution in [0.4, 0.5) is 4.79 Å². The summed E-state index contributed by atoms with van der Waals surface area (Å²) in [7, 11) is 0. The number of aromatic nitrogens is 2. The minimum atomic E-state index is -1.42. The number of allylic oxidation sites excluding steroid dienone is 2. The second-order valence-electron chi connectivity index (χ2n) is 8.28. The van der Waals surface area contributed by atoms with Gasteiger partial charge >= 0.3 is 6.09 Å². The van der Waals surface area contributed by atoms with E-state index in [1.165, 1.54) is 0 Å². The highest BCUT2D eigenvalue weighted by molar-refractivity contribution is 5.78.